The van der Waals surface area contributed by atoms with E-state index in [2.05, 4.69) is 15.3 Å². The quantitative estimate of drug-likeness (QED) is 0.284. The van der Waals surface area contributed by atoms with Crippen molar-refractivity contribution >= 4 is 39.2 Å². The van der Waals surface area contributed by atoms with Crippen LogP contribution in [0.4, 0.5) is 5.13 Å². The Morgan fingerprint density at radius 3 is 2.47 bits per heavy atom. The van der Waals surface area contributed by atoms with E-state index in [1.807, 2.05) is 67.6 Å². The third-order valence-electron chi connectivity index (χ3n) is 5.54. The number of nitrogens with zero attached hydrogens (tertiary/aromatic N) is 3. The molecule has 7 nitrogen and oxygen atoms in total. The summed E-state index contributed by atoms with van der Waals surface area (Å²) in [7, 11) is 0. The summed E-state index contributed by atoms with van der Waals surface area (Å²) in [5.74, 6) is -0.814. The number of nitrogens with one attached hydrogen (secondary N) is 1. The molecule has 1 amide bonds. The van der Waals surface area contributed by atoms with E-state index in [1.54, 1.807) is 25.4 Å². The average molecular weight is 495 g/mol. The van der Waals surface area contributed by atoms with Crippen molar-refractivity contribution in [3.8, 4) is 22.5 Å². The van der Waals surface area contributed by atoms with E-state index >= 15 is 0 Å². The molecule has 5 rings (SSSR count). The van der Waals surface area contributed by atoms with Gasteiger partial charge in [0.1, 0.15) is 4.88 Å². The highest BCUT2D eigenvalue weighted by Crippen LogP contribution is 2.33. The minimum absolute atomic E-state index is 0.243. The molecule has 3 heterocycles. The maximum Gasteiger partial charge on any atom is 0.350 e. The zero-order chi connectivity index (χ0) is 25.1. The first-order chi connectivity index (χ1) is 17.5. The largest absolute Gasteiger partial charge is 0.462 e. The third-order valence-corrected chi connectivity index (χ3v) is 6.49. The Labute approximate surface area is 211 Å². The number of benzene rings is 2. The van der Waals surface area contributed by atoms with Crippen LogP contribution in [-0.4, -0.2) is 33.4 Å². The van der Waals surface area contributed by atoms with E-state index < -0.39 is 5.97 Å². The SMILES string of the molecule is CCOC(=O)c1sc(NC(=O)c2cc(-c3ccncc3)nc3ccc(C)cc23)nc1-c1ccccc1. The number of aryl methyl sites for hydroxylation is 1. The van der Waals surface area contributed by atoms with Gasteiger partial charge in [-0.15, -0.1) is 0 Å². The predicted molar refractivity (Wildman–Crippen MR) is 141 cm³/mol. The first-order valence-corrected chi connectivity index (χ1v) is 12.2. The third kappa shape index (κ3) is 4.71. The van der Waals surface area contributed by atoms with Gasteiger partial charge >= 0.3 is 5.97 Å². The summed E-state index contributed by atoms with van der Waals surface area (Å²) >= 11 is 1.09. The van der Waals surface area contributed by atoms with Gasteiger partial charge in [0.25, 0.3) is 5.91 Å². The van der Waals surface area contributed by atoms with Crippen LogP contribution in [0, 0.1) is 6.92 Å². The van der Waals surface area contributed by atoms with E-state index in [-0.39, 0.29) is 12.5 Å². The monoisotopic (exact) mass is 494 g/mol. The summed E-state index contributed by atoms with van der Waals surface area (Å²) in [5, 5.41) is 3.94. The summed E-state index contributed by atoms with van der Waals surface area (Å²) in [6, 6.07) is 20.6. The van der Waals surface area contributed by atoms with Crippen LogP contribution in [0.5, 0.6) is 0 Å². The Bertz CT molecular complexity index is 1570. The number of fused-ring (bicyclic) bond motifs is 1. The lowest BCUT2D eigenvalue weighted by atomic mass is 10.0. The Morgan fingerprint density at radius 2 is 1.72 bits per heavy atom. The van der Waals surface area contributed by atoms with Crippen molar-refractivity contribution in [3.63, 3.8) is 0 Å². The molecule has 1 N–H and O–H groups in total. The zero-order valence-corrected chi connectivity index (χ0v) is 20.5. The van der Waals surface area contributed by atoms with Gasteiger partial charge in [-0.05, 0) is 44.2 Å². The summed E-state index contributed by atoms with van der Waals surface area (Å²) in [6.45, 7) is 3.96. The van der Waals surface area contributed by atoms with Crippen molar-refractivity contribution < 1.29 is 14.3 Å². The van der Waals surface area contributed by atoms with Crippen LogP contribution in [0.2, 0.25) is 0 Å². The summed E-state index contributed by atoms with van der Waals surface area (Å²) in [6.07, 6.45) is 3.38. The topological polar surface area (TPSA) is 94.1 Å². The van der Waals surface area contributed by atoms with Crippen LogP contribution < -0.4 is 5.32 Å². The Kier molecular flexibility index (Phi) is 6.51. The first kappa shape index (κ1) is 23.3. The molecule has 0 aliphatic rings. The molecule has 0 aliphatic heterocycles. The molecule has 0 fully saturated rings. The minimum atomic E-state index is -0.473. The number of carbonyl (C=O) groups is 2. The Balaban J connectivity index is 1.57. The molecule has 0 unspecified atom stereocenters. The molecule has 0 saturated heterocycles. The van der Waals surface area contributed by atoms with Crippen molar-refractivity contribution in [3.05, 3.63) is 95.1 Å². The second-order valence-electron chi connectivity index (χ2n) is 8.05. The van der Waals surface area contributed by atoms with Crippen LogP contribution in [0.3, 0.4) is 0 Å². The number of hydrogen-bond donors (Lipinski definition) is 1. The van der Waals surface area contributed by atoms with Crippen LogP contribution in [0.25, 0.3) is 33.4 Å². The molecule has 178 valence electrons. The van der Waals surface area contributed by atoms with E-state index in [1.165, 1.54) is 0 Å². The molecular formula is C28H22N4O3S. The van der Waals surface area contributed by atoms with Gasteiger partial charge in [-0.25, -0.2) is 14.8 Å². The molecule has 36 heavy (non-hydrogen) atoms. The molecule has 0 saturated carbocycles. The molecule has 8 heteroatoms. The standard InChI is InChI=1S/C28H22N4O3S/c1-3-35-27(34)25-24(19-7-5-4-6-8-19)31-28(36-25)32-26(33)21-16-23(18-11-13-29-14-12-18)30-22-10-9-17(2)15-20(21)22/h4-16H,3H2,1-2H3,(H,31,32,33). The molecule has 3 aromatic heterocycles. The van der Waals surface area contributed by atoms with Gasteiger partial charge in [0.2, 0.25) is 0 Å². The van der Waals surface area contributed by atoms with Gasteiger partial charge in [0, 0.05) is 28.9 Å². The molecule has 0 spiro atoms. The Hall–Kier alpha value is -4.43. The van der Waals surface area contributed by atoms with Crippen LogP contribution in [-0.2, 0) is 4.74 Å². The van der Waals surface area contributed by atoms with E-state index in [0.29, 0.717) is 32.5 Å². The van der Waals surface area contributed by atoms with Gasteiger partial charge in [0.05, 0.1) is 29.1 Å². The summed E-state index contributed by atoms with van der Waals surface area (Å²) < 4.78 is 5.23. The fourth-order valence-corrected chi connectivity index (χ4v) is 4.74. The van der Waals surface area contributed by atoms with Gasteiger partial charge in [-0.1, -0.05) is 53.3 Å². The van der Waals surface area contributed by atoms with Crippen LogP contribution >= 0.6 is 11.3 Å². The molecule has 2 aromatic carbocycles. The first-order valence-electron chi connectivity index (χ1n) is 11.4. The van der Waals surface area contributed by atoms with E-state index in [0.717, 1.165) is 33.4 Å². The molecule has 0 atom stereocenters. The van der Waals surface area contributed by atoms with Crippen LogP contribution in [0.1, 0.15) is 32.5 Å². The van der Waals surface area contributed by atoms with E-state index in [4.69, 9.17) is 9.72 Å². The number of carbonyl (C=O) groups excluding carboxylic acids is 2. The number of amides is 1. The number of esters is 1. The van der Waals surface area contributed by atoms with E-state index in [9.17, 15) is 9.59 Å². The maximum atomic E-state index is 13.6. The molecular weight excluding hydrogens is 472 g/mol. The minimum Gasteiger partial charge on any atom is -0.462 e. The smallest absolute Gasteiger partial charge is 0.350 e. The number of hydrogen-bond acceptors (Lipinski definition) is 7. The summed E-state index contributed by atoms with van der Waals surface area (Å²) in [5.41, 5.74) is 4.94. The lowest BCUT2D eigenvalue weighted by Crippen LogP contribution is -2.13. The van der Waals surface area contributed by atoms with Gasteiger partial charge in [-0.3, -0.25) is 15.1 Å². The van der Waals surface area contributed by atoms with Crippen LogP contribution in [0.15, 0.2) is 79.1 Å². The highest BCUT2D eigenvalue weighted by Gasteiger charge is 2.23. The maximum absolute atomic E-state index is 13.6. The van der Waals surface area contributed by atoms with Gasteiger partial charge in [0.15, 0.2) is 5.13 Å². The molecule has 0 bridgehead atoms. The second-order valence-corrected chi connectivity index (χ2v) is 9.05. The Morgan fingerprint density at radius 1 is 0.944 bits per heavy atom. The zero-order valence-electron chi connectivity index (χ0n) is 19.7. The number of rotatable bonds is 6. The number of ether oxygens (including phenoxy) is 1. The summed E-state index contributed by atoms with van der Waals surface area (Å²) in [4.78, 5) is 40.0. The lowest BCUT2D eigenvalue weighted by Gasteiger charge is -2.10. The number of anilines is 1. The van der Waals surface area contributed by atoms with Gasteiger partial charge < -0.3 is 4.74 Å². The van der Waals surface area contributed by atoms with Crippen molar-refractivity contribution in [2.45, 2.75) is 13.8 Å². The number of pyridine rings is 2. The van der Waals surface area contributed by atoms with Crippen molar-refractivity contribution in [1.82, 2.24) is 15.0 Å². The molecule has 0 aliphatic carbocycles. The van der Waals surface area contributed by atoms with Crippen molar-refractivity contribution in [1.29, 1.82) is 0 Å². The average Bonchev–Trinajstić information content (AvgIpc) is 3.33. The fraction of sp³-hybridized carbons (Fsp3) is 0.107. The molecule has 0 radical (unpaired) electrons. The highest BCUT2D eigenvalue weighted by molar-refractivity contribution is 7.18. The van der Waals surface area contributed by atoms with Crippen molar-refractivity contribution in [2.75, 3.05) is 11.9 Å². The fourth-order valence-electron chi connectivity index (χ4n) is 3.86. The lowest BCUT2D eigenvalue weighted by molar-refractivity contribution is 0.0532. The second kappa shape index (κ2) is 10.1. The number of aromatic nitrogens is 3. The highest BCUT2D eigenvalue weighted by atomic mass is 32.1. The normalized spacial score (nSPS) is 10.8. The van der Waals surface area contributed by atoms with Crippen molar-refractivity contribution in [2.24, 2.45) is 0 Å². The van der Waals surface area contributed by atoms with Gasteiger partial charge in [-0.2, -0.15) is 0 Å². The number of thiazole rings is 1. The molecule has 5 aromatic rings. The predicted octanol–water partition coefficient (Wildman–Crippen LogP) is 6.16.